The number of aliphatic hydroxyl groups excluding tert-OH is 1. The van der Waals surface area contributed by atoms with E-state index in [0.717, 1.165) is 0 Å². The predicted molar refractivity (Wildman–Crippen MR) is 76.9 cm³/mol. The summed E-state index contributed by atoms with van der Waals surface area (Å²) in [6.07, 6.45) is -0.566. The van der Waals surface area contributed by atoms with E-state index < -0.39 is 6.10 Å². The van der Waals surface area contributed by atoms with Crippen LogP contribution in [0.4, 0.5) is 0 Å². The molecule has 0 saturated carbocycles. The Bertz CT molecular complexity index is 367. The lowest BCUT2D eigenvalue weighted by atomic mass is 10.1. The molecule has 1 aromatic carbocycles. The van der Waals surface area contributed by atoms with Gasteiger partial charge in [-0.2, -0.15) is 0 Å². The number of benzene rings is 1. The van der Waals surface area contributed by atoms with Crippen molar-refractivity contribution in [2.45, 2.75) is 25.6 Å². The third kappa shape index (κ3) is 6.78. The van der Waals surface area contributed by atoms with Crippen LogP contribution < -0.4 is 10.1 Å². The Hall–Kier alpha value is -0.810. The number of nitrogens with one attached hydrogen (secondary N) is 1. The average molecular weight is 288 g/mol. The standard InChI is InChI=1S/C14H22ClNO3/c1-14(2,18-3)10-16-8-12(17)9-19-13-6-4-11(15)5-7-13/h4-7,12,16-17H,8-10H2,1-3H3. The van der Waals surface area contributed by atoms with Crippen molar-refractivity contribution >= 4 is 11.6 Å². The van der Waals surface area contributed by atoms with E-state index in [0.29, 0.717) is 23.9 Å². The molecule has 0 spiro atoms. The maximum atomic E-state index is 9.78. The van der Waals surface area contributed by atoms with E-state index in [1.54, 1.807) is 31.4 Å². The van der Waals surface area contributed by atoms with Crippen LogP contribution in [-0.4, -0.2) is 43.6 Å². The second-order valence-corrected chi connectivity index (χ2v) is 5.45. The van der Waals surface area contributed by atoms with Gasteiger partial charge in [-0.3, -0.25) is 0 Å². The van der Waals surface area contributed by atoms with Gasteiger partial charge in [0.2, 0.25) is 0 Å². The molecular weight excluding hydrogens is 266 g/mol. The maximum Gasteiger partial charge on any atom is 0.119 e. The summed E-state index contributed by atoms with van der Waals surface area (Å²) < 4.78 is 10.7. The summed E-state index contributed by atoms with van der Waals surface area (Å²) in [6.45, 7) is 5.33. The molecule has 0 aromatic heterocycles. The molecule has 0 aliphatic heterocycles. The Morgan fingerprint density at radius 2 is 1.95 bits per heavy atom. The van der Waals surface area contributed by atoms with Crippen molar-refractivity contribution in [3.63, 3.8) is 0 Å². The highest BCUT2D eigenvalue weighted by Crippen LogP contribution is 2.15. The Balaban J connectivity index is 2.21. The van der Waals surface area contributed by atoms with Crippen LogP contribution in [-0.2, 0) is 4.74 Å². The molecule has 0 amide bonds. The van der Waals surface area contributed by atoms with E-state index in [4.69, 9.17) is 21.1 Å². The first-order valence-electron chi connectivity index (χ1n) is 6.25. The van der Waals surface area contributed by atoms with Crippen molar-refractivity contribution in [1.82, 2.24) is 5.32 Å². The van der Waals surface area contributed by atoms with Crippen LogP contribution in [0.3, 0.4) is 0 Å². The minimum atomic E-state index is -0.566. The minimum absolute atomic E-state index is 0.238. The predicted octanol–water partition coefficient (Wildman–Crippen LogP) is 2.09. The van der Waals surface area contributed by atoms with Gasteiger partial charge in [0, 0.05) is 25.2 Å². The van der Waals surface area contributed by atoms with Gasteiger partial charge in [-0.25, -0.2) is 0 Å². The molecule has 4 nitrogen and oxygen atoms in total. The Kier molecular flexibility index (Phi) is 6.58. The van der Waals surface area contributed by atoms with Crippen molar-refractivity contribution < 1.29 is 14.6 Å². The molecule has 1 rings (SSSR count). The van der Waals surface area contributed by atoms with Crippen molar-refractivity contribution in [2.75, 3.05) is 26.8 Å². The van der Waals surface area contributed by atoms with Crippen molar-refractivity contribution in [1.29, 1.82) is 0 Å². The molecule has 1 unspecified atom stereocenters. The Morgan fingerprint density at radius 3 is 2.53 bits per heavy atom. The number of methoxy groups -OCH3 is 1. The molecule has 5 heteroatoms. The smallest absolute Gasteiger partial charge is 0.119 e. The normalized spacial score (nSPS) is 13.3. The molecule has 0 fully saturated rings. The largest absolute Gasteiger partial charge is 0.491 e. The van der Waals surface area contributed by atoms with Crippen molar-refractivity contribution in [2.24, 2.45) is 0 Å². The van der Waals surface area contributed by atoms with E-state index in [1.165, 1.54) is 0 Å². The highest BCUT2D eigenvalue weighted by molar-refractivity contribution is 6.30. The van der Waals surface area contributed by atoms with Gasteiger partial charge in [-0.15, -0.1) is 0 Å². The van der Waals surface area contributed by atoms with E-state index in [1.807, 2.05) is 13.8 Å². The number of hydrogen-bond acceptors (Lipinski definition) is 4. The van der Waals surface area contributed by atoms with Crippen molar-refractivity contribution in [3.05, 3.63) is 29.3 Å². The molecule has 1 atom stereocenters. The molecular formula is C14H22ClNO3. The SMILES string of the molecule is COC(C)(C)CNCC(O)COc1ccc(Cl)cc1. The zero-order chi connectivity index (χ0) is 14.3. The first-order chi connectivity index (χ1) is 8.93. The van der Waals surface area contributed by atoms with E-state index in [9.17, 15) is 5.11 Å². The monoisotopic (exact) mass is 287 g/mol. The lowest BCUT2D eigenvalue weighted by molar-refractivity contribution is 0.0191. The summed E-state index contributed by atoms with van der Waals surface area (Å²) in [4.78, 5) is 0. The molecule has 0 heterocycles. The number of ether oxygens (including phenoxy) is 2. The molecule has 0 aliphatic carbocycles. The zero-order valence-corrected chi connectivity index (χ0v) is 12.4. The molecule has 0 bridgehead atoms. The number of aliphatic hydroxyl groups is 1. The van der Waals surface area contributed by atoms with E-state index >= 15 is 0 Å². The highest BCUT2D eigenvalue weighted by Gasteiger charge is 2.16. The summed E-state index contributed by atoms with van der Waals surface area (Å²) in [5, 5.41) is 13.6. The van der Waals surface area contributed by atoms with Gasteiger partial charge in [0.05, 0.1) is 5.60 Å². The molecule has 0 aliphatic rings. The van der Waals surface area contributed by atoms with Gasteiger partial charge in [0.15, 0.2) is 0 Å². The molecule has 108 valence electrons. The fourth-order valence-corrected chi connectivity index (χ4v) is 1.52. The summed E-state index contributed by atoms with van der Waals surface area (Å²) in [5.74, 6) is 0.695. The molecule has 1 aromatic rings. The van der Waals surface area contributed by atoms with Crippen LogP contribution in [0.25, 0.3) is 0 Å². The topological polar surface area (TPSA) is 50.7 Å². The minimum Gasteiger partial charge on any atom is -0.491 e. The first-order valence-corrected chi connectivity index (χ1v) is 6.63. The molecule has 0 radical (unpaired) electrons. The van der Waals surface area contributed by atoms with Crippen LogP contribution in [0.15, 0.2) is 24.3 Å². The summed E-state index contributed by atoms with van der Waals surface area (Å²) >= 11 is 5.77. The Morgan fingerprint density at radius 1 is 1.32 bits per heavy atom. The summed E-state index contributed by atoms with van der Waals surface area (Å²) in [5.41, 5.74) is -0.239. The van der Waals surface area contributed by atoms with Gasteiger partial charge < -0.3 is 19.9 Å². The molecule has 19 heavy (non-hydrogen) atoms. The van der Waals surface area contributed by atoms with E-state index in [2.05, 4.69) is 5.32 Å². The van der Waals surface area contributed by atoms with Crippen LogP contribution in [0.5, 0.6) is 5.75 Å². The second kappa shape index (κ2) is 7.70. The van der Waals surface area contributed by atoms with Gasteiger partial charge in [0.1, 0.15) is 18.5 Å². The number of rotatable bonds is 8. The Labute approximate surface area is 119 Å². The molecule has 0 saturated heterocycles. The van der Waals surface area contributed by atoms with Gasteiger partial charge in [-0.05, 0) is 38.1 Å². The van der Waals surface area contributed by atoms with Gasteiger partial charge in [-0.1, -0.05) is 11.6 Å². The molecule has 2 N–H and O–H groups in total. The lowest BCUT2D eigenvalue weighted by Crippen LogP contribution is -2.41. The van der Waals surface area contributed by atoms with Crippen LogP contribution >= 0.6 is 11.6 Å². The van der Waals surface area contributed by atoms with E-state index in [-0.39, 0.29) is 12.2 Å². The highest BCUT2D eigenvalue weighted by atomic mass is 35.5. The fourth-order valence-electron chi connectivity index (χ4n) is 1.39. The third-order valence-corrected chi connectivity index (χ3v) is 2.99. The second-order valence-electron chi connectivity index (χ2n) is 5.01. The zero-order valence-electron chi connectivity index (χ0n) is 11.6. The first kappa shape index (κ1) is 16.2. The fraction of sp³-hybridized carbons (Fsp3) is 0.571. The van der Waals surface area contributed by atoms with Gasteiger partial charge >= 0.3 is 0 Å². The van der Waals surface area contributed by atoms with Crippen LogP contribution in [0, 0.1) is 0 Å². The van der Waals surface area contributed by atoms with Crippen molar-refractivity contribution in [3.8, 4) is 5.75 Å². The van der Waals surface area contributed by atoms with Crippen LogP contribution in [0.1, 0.15) is 13.8 Å². The third-order valence-electron chi connectivity index (χ3n) is 2.74. The van der Waals surface area contributed by atoms with Crippen LogP contribution in [0.2, 0.25) is 5.02 Å². The lowest BCUT2D eigenvalue weighted by Gasteiger charge is -2.24. The maximum absolute atomic E-state index is 9.78. The quantitative estimate of drug-likeness (QED) is 0.769. The summed E-state index contributed by atoms with van der Waals surface area (Å²) in [6, 6.07) is 7.05. The van der Waals surface area contributed by atoms with Gasteiger partial charge in [0.25, 0.3) is 0 Å². The number of halogens is 1. The average Bonchev–Trinajstić information content (AvgIpc) is 2.38. The number of hydrogen-bond donors (Lipinski definition) is 2. The summed E-state index contributed by atoms with van der Waals surface area (Å²) in [7, 11) is 1.67.